The molecule has 3 aromatic rings. The van der Waals surface area contributed by atoms with E-state index in [1.54, 1.807) is 0 Å². The molecule has 176 valence electrons. The van der Waals surface area contributed by atoms with Crippen LogP contribution in [0.3, 0.4) is 0 Å². The van der Waals surface area contributed by atoms with E-state index in [1.165, 1.54) is 5.56 Å². The average molecular weight is 451 g/mol. The van der Waals surface area contributed by atoms with Crippen molar-refractivity contribution in [3.63, 3.8) is 0 Å². The molecule has 0 spiro atoms. The molecule has 0 bridgehead atoms. The third-order valence-corrected chi connectivity index (χ3v) is 6.86. The number of fused-ring (bicyclic) bond motifs is 1. The van der Waals surface area contributed by atoms with Crippen LogP contribution in [0.4, 0.5) is 0 Å². The molecule has 0 amide bonds. The molecule has 2 aliphatic rings. The predicted octanol–water partition coefficient (Wildman–Crippen LogP) is 2.71. The molecule has 2 atom stereocenters. The molecular formula is C26H34N4O3. The summed E-state index contributed by atoms with van der Waals surface area (Å²) in [5, 5.41) is 0. The number of nitrogens with one attached hydrogen (secondary N) is 1. The number of piperazine rings is 1. The second-order valence-corrected chi connectivity index (χ2v) is 9.12. The maximum atomic E-state index is 12.2. The van der Waals surface area contributed by atoms with Crippen LogP contribution in [-0.4, -0.2) is 77.6 Å². The summed E-state index contributed by atoms with van der Waals surface area (Å²) in [6, 6.07) is 18.4. The Morgan fingerprint density at radius 3 is 2.39 bits per heavy atom. The van der Waals surface area contributed by atoms with Gasteiger partial charge in [-0.2, -0.15) is 0 Å². The summed E-state index contributed by atoms with van der Waals surface area (Å²) in [4.78, 5) is 20.1. The molecule has 1 aromatic heterocycles. The quantitative estimate of drug-likeness (QED) is 0.535. The standard InChI is InChI=1S/C26H34N4O3/c31-26-27-23-10-4-5-11-24(23)30(26)13-7-6-12-28-14-16-29(17-15-28)25-20-32-22(19-33-25)18-21-8-2-1-3-9-21/h1-5,8-11,22,25H,6-7,12-20H2,(H,27,31). The first kappa shape index (κ1) is 22.3. The van der Waals surface area contributed by atoms with Crippen LogP contribution >= 0.6 is 0 Å². The summed E-state index contributed by atoms with van der Waals surface area (Å²) >= 11 is 0. The van der Waals surface area contributed by atoms with Gasteiger partial charge in [-0.25, -0.2) is 4.79 Å². The van der Waals surface area contributed by atoms with Crippen LogP contribution in [0.1, 0.15) is 18.4 Å². The van der Waals surface area contributed by atoms with Gasteiger partial charge in [0.25, 0.3) is 0 Å². The van der Waals surface area contributed by atoms with Gasteiger partial charge in [0.1, 0.15) is 6.23 Å². The van der Waals surface area contributed by atoms with Gasteiger partial charge < -0.3 is 19.4 Å². The zero-order valence-electron chi connectivity index (χ0n) is 19.2. The monoisotopic (exact) mass is 450 g/mol. The van der Waals surface area contributed by atoms with Crippen molar-refractivity contribution in [3.05, 3.63) is 70.6 Å². The summed E-state index contributed by atoms with van der Waals surface area (Å²) in [7, 11) is 0. The van der Waals surface area contributed by atoms with E-state index in [9.17, 15) is 4.79 Å². The number of aromatic nitrogens is 2. The van der Waals surface area contributed by atoms with Gasteiger partial charge in [0, 0.05) is 39.1 Å². The summed E-state index contributed by atoms with van der Waals surface area (Å²) in [5.41, 5.74) is 3.20. The fraction of sp³-hybridized carbons (Fsp3) is 0.500. The van der Waals surface area contributed by atoms with Crippen LogP contribution in [0.15, 0.2) is 59.4 Å². The normalized spacial score (nSPS) is 22.7. The van der Waals surface area contributed by atoms with Gasteiger partial charge in [-0.1, -0.05) is 42.5 Å². The number of hydrogen-bond acceptors (Lipinski definition) is 5. The predicted molar refractivity (Wildman–Crippen MR) is 129 cm³/mol. The molecule has 2 aliphatic heterocycles. The molecular weight excluding hydrogens is 416 g/mol. The molecule has 33 heavy (non-hydrogen) atoms. The Kier molecular flexibility index (Phi) is 7.21. The highest BCUT2D eigenvalue weighted by atomic mass is 16.6. The Morgan fingerprint density at radius 1 is 0.848 bits per heavy atom. The molecule has 2 fully saturated rings. The topological polar surface area (TPSA) is 62.7 Å². The maximum absolute atomic E-state index is 12.2. The van der Waals surface area contributed by atoms with E-state index < -0.39 is 0 Å². The van der Waals surface area contributed by atoms with Crippen LogP contribution in [0.5, 0.6) is 0 Å². The SMILES string of the molecule is O=c1[nH]c2ccccc2n1CCCCN1CCN(C2COC(Cc3ccccc3)CO2)CC1. The molecule has 2 aromatic carbocycles. The number of aromatic amines is 1. The largest absolute Gasteiger partial charge is 0.371 e. The first-order chi connectivity index (χ1) is 16.3. The fourth-order valence-corrected chi connectivity index (χ4v) is 4.95. The summed E-state index contributed by atoms with van der Waals surface area (Å²) in [5.74, 6) is 0. The van der Waals surface area contributed by atoms with Crippen molar-refractivity contribution in [2.24, 2.45) is 0 Å². The summed E-state index contributed by atoms with van der Waals surface area (Å²) in [6.07, 6.45) is 3.23. The van der Waals surface area contributed by atoms with Crippen LogP contribution in [0, 0.1) is 0 Å². The molecule has 2 unspecified atom stereocenters. The second-order valence-electron chi connectivity index (χ2n) is 9.12. The fourth-order valence-electron chi connectivity index (χ4n) is 4.95. The smallest absolute Gasteiger partial charge is 0.326 e. The number of imidazole rings is 1. The molecule has 7 nitrogen and oxygen atoms in total. The molecule has 7 heteroatoms. The highest BCUT2D eigenvalue weighted by Gasteiger charge is 2.29. The van der Waals surface area contributed by atoms with E-state index in [0.717, 1.165) is 69.6 Å². The van der Waals surface area contributed by atoms with Crippen LogP contribution in [0.25, 0.3) is 11.0 Å². The summed E-state index contributed by atoms with van der Waals surface area (Å²) < 4.78 is 14.1. The van der Waals surface area contributed by atoms with E-state index >= 15 is 0 Å². The van der Waals surface area contributed by atoms with Crippen LogP contribution in [-0.2, 0) is 22.4 Å². The third-order valence-electron chi connectivity index (χ3n) is 6.86. The minimum absolute atomic E-state index is 0.00878. The molecule has 1 N–H and O–H groups in total. The van der Waals surface area contributed by atoms with Crippen molar-refractivity contribution in [1.29, 1.82) is 0 Å². The molecule has 0 saturated carbocycles. The van der Waals surface area contributed by atoms with Crippen molar-refractivity contribution in [2.45, 2.75) is 38.1 Å². The minimum atomic E-state index is -0.00878. The van der Waals surface area contributed by atoms with Gasteiger partial charge in [-0.15, -0.1) is 0 Å². The lowest BCUT2D eigenvalue weighted by molar-refractivity contribution is -0.189. The molecule has 2 saturated heterocycles. The van der Waals surface area contributed by atoms with Gasteiger partial charge in [-0.05, 0) is 37.1 Å². The average Bonchev–Trinajstić information content (AvgIpc) is 3.18. The minimum Gasteiger partial charge on any atom is -0.371 e. The van der Waals surface area contributed by atoms with E-state index in [1.807, 2.05) is 34.9 Å². The zero-order valence-corrected chi connectivity index (χ0v) is 19.2. The second kappa shape index (κ2) is 10.7. The number of nitrogens with zero attached hydrogens (tertiary/aromatic N) is 3. The van der Waals surface area contributed by atoms with Crippen molar-refractivity contribution >= 4 is 11.0 Å². The van der Waals surface area contributed by atoms with Crippen molar-refractivity contribution in [2.75, 3.05) is 45.9 Å². The summed E-state index contributed by atoms with van der Waals surface area (Å²) in [6.45, 7) is 7.29. The van der Waals surface area contributed by atoms with Gasteiger partial charge in [0.05, 0.1) is 30.4 Å². The van der Waals surface area contributed by atoms with Crippen LogP contribution in [0.2, 0.25) is 0 Å². The molecule has 3 heterocycles. The number of H-pyrrole nitrogens is 1. The van der Waals surface area contributed by atoms with E-state index in [-0.39, 0.29) is 18.0 Å². The number of rotatable bonds is 8. The Labute approximate surface area is 194 Å². The maximum Gasteiger partial charge on any atom is 0.326 e. The Balaban J connectivity index is 0.998. The van der Waals surface area contributed by atoms with Gasteiger partial charge in [0.2, 0.25) is 0 Å². The third kappa shape index (κ3) is 5.55. The van der Waals surface area contributed by atoms with E-state index in [0.29, 0.717) is 13.2 Å². The van der Waals surface area contributed by atoms with Gasteiger partial charge in [-0.3, -0.25) is 9.47 Å². The first-order valence-corrected chi connectivity index (χ1v) is 12.2. The number of aryl methyl sites for hydroxylation is 1. The van der Waals surface area contributed by atoms with E-state index in [4.69, 9.17) is 9.47 Å². The lowest BCUT2D eigenvalue weighted by atomic mass is 10.1. The lowest BCUT2D eigenvalue weighted by Crippen LogP contribution is -2.55. The Bertz CT molecular complexity index is 1060. The highest BCUT2D eigenvalue weighted by Crippen LogP contribution is 2.17. The molecule has 5 rings (SSSR count). The lowest BCUT2D eigenvalue weighted by Gasteiger charge is -2.41. The number of ether oxygens (including phenoxy) is 2. The number of para-hydroxylation sites is 2. The highest BCUT2D eigenvalue weighted by molar-refractivity contribution is 5.74. The zero-order chi connectivity index (χ0) is 22.5. The molecule has 0 aliphatic carbocycles. The Hall–Kier alpha value is -2.45. The van der Waals surface area contributed by atoms with Crippen molar-refractivity contribution < 1.29 is 9.47 Å². The van der Waals surface area contributed by atoms with Crippen LogP contribution < -0.4 is 5.69 Å². The molecule has 0 radical (unpaired) electrons. The number of hydrogen-bond donors (Lipinski definition) is 1. The number of benzene rings is 2. The number of unbranched alkanes of at least 4 members (excludes halogenated alkanes) is 1. The van der Waals surface area contributed by atoms with Crippen molar-refractivity contribution in [1.82, 2.24) is 19.4 Å². The first-order valence-electron chi connectivity index (χ1n) is 12.2. The van der Waals surface area contributed by atoms with Gasteiger partial charge >= 0.3 is 5.69 Å². The van der Waals surface area contributed by atoms with E-state index in [2.05, 4.69) is 39.0 Å². The Morgan fingerprint density at radius 2 is 1.61 bits per heavy atom. The van der Waals surface area contributed by atoms with Gasteiger partial charge in [0.15, 0.2) is 0 Å². The van der Waals surface area contributed by atoms with Crippen molar-refractivity contribution in [3.8, 4) is 0 Å².